The smallest absolute Gasteiger partial charge is 0.328 e. The third-order valence-corrected chi connectivity index (χ3v) is 4.52. The van der Waals surface area contributed by atoms with Crippen molar-refractivity contribution in [1.82, 2.24) is 0 Å². The first-order valence-electron chi connectivity index (χ1n) is 4.96. The summed E-state index contributed by atoms with van der Waals surface area (Å²) >= 11 is 3.09. The van der Waals surface area contributed by atoms with Crippen LogP contribution in [0, 0.1) is 0 Å². The van der Waals surface area contributed by atoms with Gasteiger partial charge in [0.1, 0.15) is 6.04 Å². The zero-order chi connectivity index (χ0) is 11.5. The average Bonchev–Trinajstić information content (AvgIpc) is 2.67. The Morgan fingerprint density at radius 3 is 2.38 bits per heavy atom. The van der Waals surface area contributed by atoms with Gasteiger partial charge in [-0.25, -0.2) is 9.79 Å². The van der Waals surface area contributed by atoms with E-state index in [1.807, 2.05) is 31.2 Å². The van der Waals surface area contributed by atoms with Crippen molar-refractivity contribution in [2.24, 2.45) is 4.99 Å². The lowest BCUT2D eigenvalue weighted by atomic mass is 10.2. The van der Waals surface area contributed by atoms with Crippen molar-refractivity contribution in [1.29, 1.82) is 0 Å². The van der Waals surface area contributed by atoms with E-state index in [1.165, 1.54) is 0 Å². The minimum absolute atomic E-state index is 0.524. The largest absolute Gasteiger partial charge is 0.480 e. The summed E-state index contributed by atoms with van der Waals surface area (Å²) in [5, 5.41) is 8.92. The molecule has 1 unspecified atom stereocenters. The summed E-state index contributed by atoms with van der Waals surface area (Å²) in [4.78, 5) is 15.1. The van der Waals surface area contributed by atoms with Crippen molar-refractivity contribution in [2.45, 2.75) is 19.4 Å². The average molecular weight is 253 g/mol. The molecule has 0 saturated carbocycles. The number of hydrogen-bond donors (Lipinski definition) is 1. The molecule has 2 rings (SSSR count). The highest BCUT2D eigenvalue weighted by atomic mass is 32.2. The van der Waals surface area contributed by atoms with Crippen LogP contribution in [0.1, 0.15) is 13.3 Å². The summed E-state index contributed by atoms with van der Waals surface area (Å²) in [7, 11) is 0. The van der Waals surface area contributed by atoms with Gasteiger partial charge in [0, 0.05) is 9.40 Å². The topological polar surface area (TPSA) is 49.7 Å². The zero-order valence-corrected chi connectivity index (χ0v) is 10.3. The summed E-state index contributed by atoms with van der Waals surface area (Å²) in [6, 6.07) is 7.38. The Hall–Kier alpha value is -1.20. The van der Waals surface area contributed by atoms with Gasteiger partial charge >= 0.3 is 5.97 Å². The predicted octanol–water partition coefficient (Wildman–Crippen LogP) is 2.73. The number of fused-ring (bicyclic) bond motifs is 1. The minimum Gasteiger partial charge on any atom is -0.480 e. The quantitative estimate of drug-likeness (QED) is 0.914. The number of carbonyl (C=O) groups is 1. The fraction of sp³-hybridized carbons (Fsp3) is 0.273. The van der Waals surface area contributed by atoms with Crippen molar-refractivity contribution < 1.29 is 9.90 Å². The van der Waals surface area contributed by atoms with E-state index in [0.717, 1.165) is 13.4 Å². The van der Waals surface area contributed by atoms with Crippen molar-refractivity contribution in [3.63, 3.8) is 0 Å². The van der Waals surface area contributed by atoms with Crippen molar-refractivity contribution in [2.75, 3.05) is 0 Å². The highest BCUT2D eigenvalue weighted by molar-refractivity contribution is 7.35. The number of rotatable bonds is 3. The first-order valence-corrected chi connectivity index (χ1v) is 6.59. The minimum atomic E-state index is -0.854. The molecule has 0 bridgehead atoms. The Bertz CT molecular complexity index is 534. The summed E-state index contributed by atoms with van der Waals surface area (Å²) in [6.07, 6.45) is 0.524. The molecule has 3 nitrogen and oxygen atoms in total. The van der Waals surface area contributed by atoms with E-state index in [2.05, 4.69) is 4.99 Å². The molecule has 0 fully saturated rings. The third kappa shape index (κ3) is 2.31. The molecule has 84 valence electrons. The van der Waals surface area contributed by atoms with Crippen LogP contribution < -0.4 is 3.98 Å². The summed E-state index contributed by atoms with van der Waals surface area (Å²) < 4.78 is 3.15. The highest BCUT2D eigenvalue weighted by Gasteiger charge is 2.12. The van der Waals surface area contributed by atoms with E-state index in [-0.39, 0.29) is 0 Å². The van der Waals surface area contributed by atoms with Crippen molar-refractivity contribution in [3.8, 4) is 0 Å². The van der Waals surface area contributed by atoms with Crippen LogP contribution in [0.3, 0.4) is 0 Å². The number of hydrogen-bond acceptors (Lipinski definition) is 4. The molecule has 1 N–H and O–H groups in total. The fourth-order valence-electron chi connectivity index (χ4n) is 1.33. The molecule has 1 aromatic carbocycles. The van der Waals surface area contributed by atoms with Crippen LogP contribution in [0.5, 0.6) is 0 Å². The Morgan fingerprint density at radius 2 is 1.94 bits per heavy atom. The number of carboxylic acids is 1. The summed E-state index contributed by atoms with van der Waals surface area (Å²) in [5.74, 6) is -0.854. The Morgan fingerprint density at radius 1 is 1.38 bits per heavy atom. The molecule has 0 radical (unpaired) electrons. The molecule has 0 aliphatic carbocycles. The molecule has 1 aromatic heterocycles. The van der Waals surface area contributed by atoms with E-state index in [4.69, 9.17) is 5.11 Å². The third-order valence-electron chi connectivity index (χ3n) is 2.18. The Kier molecular flexibility index (Phi) is 3.36. The second-order valence-electron chi connectivity index (χ2n) is 3.31. The molecule has 0 saturated heterocycles. The predicted molar refractivity (Wildman–Crippen MR) is 67.0 cm³/mol. The number of nitrogens with zero attached hydrogens (tertiary/aromatic N) is 1. The van der Waals surface area contributed by atoms with Crippen LogP contribution in [0.2, 0.25) is 0 Å². The molecule has 5 heteroatoms. The maximum Gasteiger partial charge on any atom is 0.328 e. The molecule has 1 heterocycles. The Labute approximate surface area is 101 Å². The number of benzene rings is 1. The monoisotopic (exact) mass is 253 g/mol. The molecule has 0 aliphatic heterocycles. The first-order chi connectivity index (χ1) is 7.70. The van der Waals surface area contributed by atoms with Crippen LogP contribution in [0.15, 0.2) is 29.3 Å². The van der Waals surface area contributed by atoms with Gasteiger partial charge in [0.25, 0.3) is 0 Å². The van der Waals surface area contributed by atoms with Gasteiger partial charge < -0.3 is 5.11 Å². The second-order valence-corrected chi connectivity index (χ2v) is 5.63. The van der Waals surface area contributed by atoms with Gasteiger partial charge in [-0.3, -0.25) is 0 Å². The van der Waals surface area contributed by atoms with E-state index >= 15 is 0 Å². The normalized spacial score (nSPS) is 12.6. The maximum absolute atomic E-state index is 10.9. The van der Waals surface area contributed by atoms with Crippen LogP contribution in [0.25, 0.3) is 9.40 Å². The fourth-order valence-corrected chi connectivity index (χ4v) is 3.65. The molecular formula is C11H11NO2S2. The van der Waals surface area contributed by atoms with Gasteiger partial charge in [-0.2, -0.15) is 0 Å². The maximum atomic E-state index is 10.9. The van der Waals surface area contributed by atoms with Crippen LogP contribution in [0.4, 0.5) is 0 Å². The SMILES string of the molecule is CCC(N=c1sc2ccccc2s1)C(=O)O. The highest BCUT2D eigenvalue weighted by Crippen LogP contribution is 2.20. The van der Waals surface area contributed by atoms with E-state index in [9.17, 15) is 4.79 Å². The van der Waals surface area contributed by atoms with E-state index < -0.39 is 12.0 Å². The van der Waals surface area contributed by atoms with Crippen LogP contribution >= 0.6 is 22.7 Å². The van der Waals surface area contributed by atoms with Gasteiger partial charge in [-0.15, -0.1) is 22.7 Å². The summed E-state index contributed by atoms with van der Waals surface area (Å²) in [6.45, 7) is 1.83. The van der Waals surface area contributed by atoms with Gasteiger partial charge in [0.05, 0.1) is 0 Å². The van der Waals surface area contributed by atoms with Gasteiger partial charge in [0.2, 0.25) is 0 Å². The second kappa shape index (κ2) is 4.76. The van der Waals surface area contributed by atoms with E-state index in [0.29, 0.717) is 6.42 Å². The zero-order valence-electron chi connectivity index (χ0n) is 8.71. The molecule has 2 aromatic rings. The molecular weight excluding hydrogens is 242 g/mol. The Balaban J connectivity index is 2.46. The van der Waals surface area contributed by atoms with Gasteiger partial charge in [0.15, 0.2) is 3.98 Å². The van der Waals surface area contributed by atoms with Gasteiger partial charge in [-0.05, 0) is 18.6 Å². The first kappa shape index (κ1) is 11.3. The lowest BCUT2D eigenvalue weighted by Gasteiger charge is -1.99. The summed E-state index contributed by atoms with van der Waals surface area (Å²) in [5.41, 5.74) is 0. The molecule has 0 spiro atoms. The molecule has 0 amide bonds. The van der Waals surface area contributed by atoms with Crippen LogP contribution in [-0.2, 0) is 4.79 Å². The van der Waals surface area contributed by atoms with E-state index in [1.54, 1.807) is 22.7 Å². The standard InChI is InChI=1S/C11H11NO2S2/c1-2-7(10(13)14)12-11-15-8-5-3-4-6-9(8)16-11/h3-7H,2H2,1H3,(H,13,14). The molecule has 16 heavy (non-hydrogen) atoms. The molecule has 0 aliphatic rings. The molecule has 1 atom stereocenters. The van der Waals surface area contributed by atoms with Gasteiger partial charge in [-0.1, -0.05) is 19.1 Å². The van der Waals surface area contributed by atoms with Crippen LogP contribution in [-0.4, -0.2) is 17.1 Å². The lowest BCUT2D eigenvalue weighted by molar-refractivity contribution is -0.138. The lowest BCUT2D eigenvalue weighted by Crippen LogP contribution is -2.18. The van der Waals surface area contributed by atoms with Crippen molar-refractivity contribution in [3.05, 3.63) is 28.3 Å². The number of carboxylic acid groups (broad SMARTS) is 1. The van der Waals surface area contributed by atoms with Crippen molar-refractivity contribution >= 4 is 38.0 Å². The number of aliphatic carboxylic acids is 1.